The molecule has 84 valence electrons. The van der Waals surface area contributed by atoms with Crippen molar-refractivity contribution in [3.8, 4) is 0 Å². The molecule has 3 nitrogen and oxygen atoms in total. The molecule has 0 aromatic heterocycles. The number of rotatable bonds is 10. The Morgan fingerprint density at radius 2 is 1.64 bits per heavy atom. The maximum Gasteiger partial charge on any atom is 0.155 e. The second-order valence-electron chi connectivity index (χ2n) is 3.90. The first-order valence-electron chi connectivity index (χ1n) is 5.79. The van der Waals surface area contributed by atoms with Crippen LogP contribution < -0.4 is 0 Å². The molecule has 0 radical (unpaired) electrons. The Kier molecular flexibility index (Phi) is 10.0. The number of unbranched alkanes of at least 4 members (excludes halogenated alkanes) is 6. The third-order valence-corrected chi connectivity index (χ3v) is 2.44. The highest BCUT2D eigenvalue weighted by molar-refractivity contribution is 4.51. The van der Waals surface area contributed by atoms with Gasteiger partial charge in [0.05, 0.1) is 0 Å². The zero-order valence-corrected chi connectivity index (χ0v) is 9.50. The van der Waals surface area contributed by atoms with Crippen LogP contribution in [0.2, 0.25) is 0 Å². The lowest BCUT2D eigenvalue weighted by Gasteiger charge is -2.06. The second-order valence-corrected chi connectivity index (χ2v) is 3.90. The minimum absolute atomic E-state index is 0.0110. The van der Waals surface area contributed by atoms with Crippen molar-refractivity contribution in [2.75, 3.05) is 0 Å². The molecule has 0 aromatic carbocycles. The van der Waals surface area contributed by atoms with Crippen molar-refractivity contribution in [2.45, 2.75) is 71.3 Å². The van der Waals surface area contributed by atoms with Crippen LogP contribution in [-0.4, -0.2) is 6.10 Å². The van der Waals surface area contributed by atoms with Crippen molar-refractivity contribution >= 4 is 0 Å². The van der Waals surface area contributed by atoms with Gasteiger partial charge in [-0.1, -0.05) is 45.4 Å². The first-order chi connectivity index (χ1) is 6.81. The van der Waals surface area contributed by atoms with Crippen LogP contribution in [0.25, 0.3) is 0 Å². The van der Waals surface area contributed by atoms with E-state index in [0.717, 1.165) is 12.8 Å². The zero-order chi connectivity index (χ0) is 10.6. The van der Waals surface area contributed by atoms with E-state index in [0.29, 0.717) is 0 Å². The molecule has 0 saturated carbocycles. The highest BCUT2D eigenvalue weighted by Crippen LogP contribution is 2.10. The van der Waals surface area contributed by atoms with Crippen LogP contribution in [0.3, 0.4) is 0 Å². The molecule has 1 unspecified atom stereocenters. The smallest absolute Gasteiger partial charge is 0.155 e. The summed E-state index contributed by atoms with van der Waals surface area (Å²) in [6.45, 7) is 4.12. The zero-order valence-electron chi connectivity index (χ0n) is 9.50. The average Bonchev–Trinajstić information content (AvgIpc) is 2.17. The Morgan fingerprint density at radius 1 is 1.07 bits per heavy atom. The monoisotopic (exact) mass is 201 g/mol. The standard InChI is InChI=1S/C11H23NO2/c1-3-4-5-6-7-8-9-10-11(2)14-12-13/h11H,3-10H2,1-2H3. The van der Waals surface area contributed by atoms with Crippen molar-refractivity contribution in [1.82, 2.24) is 0 Å². The van der Waals surface area contributed by atoms with Gasteiger partial charge in [0.25, 0.3) is 0 Å². The predicted molar refractivity (Wildman–Crippen MR) is 59.0 cm³/mol. The van der Waals surface area contributed by atoms with Gasteiger partial charge in [0.1, 0.15) is 6.10 Å². The maximum absolute atomic E-state index is 9.75. The van der Waals surface area contributed by atoms with Gasteiger partial charge in [-0.2, -0.15) is 0 Å². The summed E-state index contributed by atoms with van der Waals surface area (Å²) in [4.78, 5) is 14.3. The Balaban J connectivity index is 3.01. The average molecular weight is 201 g/mol. The van der Waals surface area contributed by atoms with Crippen LogP contribution in [0.1, 0.15) is 65.2 Å². The van der Waals surface area contributed by atoms with Crippen molar-refractivity contribution in [1.29, 1.82) is 0 Å². The molecular formula is C11H23NO2. The number of nitrogens with zero attached hydrogens (tertiary/aromatic N) is 1. The van der Waals surface area contributed by atoms with Crippen LogP contribution >= 0.6 is 0 Å². The van der Waals surface area contributed by atoms with Gasteiger partial charge in [-0.05, 0) is 19.8 Å². The molecule has 0 aliphatic carbocycles. The lowest BCUT2D eigenvalue weighted by atomic mass is 10.1. The topological polar surface area (TPSA) is 38.7 Å². The molecule has 0 bridgehead atoms. The van der Waals surface area contributed by atoms with Gasteiger partial charge in [-0.3, -0.25) is 0 Å². The van der Waals surface area contributed by atoms with Gasteiger partial charge in [-0.15, -0.1) is 4.91 Å². The Bertz CT molecular complexity index is 128. The first-order valence-corrected chi connectivity index (χ1v) is 5.79. The molecule has 3 heteroatoms. The molecular weight excluding hydrogens is 178 g/mol. The molecule has 0 aliphatic heterocycles. The predicted octanol–water partition coefficient (Wildman–Crippen LogP) is 4.21. The molecule has 0 spiro atoms. The summed E-state index contributed by atoms with van der Waals surface area (Å²) in [5.74, 6) is 0. The summed E-state index contributed by atoms with van der Waals surface area (Å²) in [7, 11) is 0. The lowest BCUT2D eigenvalue weighted by Crippen LogP contribution is -2.02. The third kappa shape index (κ3) is 9.49. The molecule has 0 fully saturated rings. The largest absolute Gasteiger partial charge is 0.361 e. The summed E-state index contributed by atoms with van der Waals surface area (Å²) in [6.07, 6.45) is 9.99. The van der Waals surface area contributed by atoms with Crippen LogP contribution in [-0.2, 0) is 4.84 Å². The van der Waals surface area contributed by atoms with E-state index in [9.17, 15) is 4.91 Å². The fraction of sp³-hybridized carbons (Fsp3) is 1.00. The molecule has 0 amide bonds. The molecule has 0 aliphatic rings. The molecule has 0 saturated heterocycles. The highest BCUT2D eigenvalue weighted by atomic mass is 16.7. The maximum atomic E-state index is 9.75. The van der Waals surface area contributed by atoms with Crippen LogP contribution in [0.15, 0.2) is 5.34 Å². The Hall–Kier alpha value is -0.600. The van der Waals surface area contributed by atoms with E-state index in [1.807, 2.05) is 6.92 Å². The fourth-order valence-electron chi connectivity index (χ4n) is 1.52. The highest BCUT2D eigenvalue weighted by Gasteiger charge is 2.01. The fourth-order valence-corrected chi connectivity index (χ4v) is 1.52. The van der Waals surface area contributed by atoms with Gasteiger partial charge in [0.2, 0.25) is 0 Å². The van der Waals surface area contributed by atoms with E-state index < -0.39 is 0 Å². The van der Waals surface area contributed by atoms with Gasteiger partial charge >= 0.3 is 0 Å². The molecule has 1 atom stereocenters. The van der Waals surface area contributed by atoms with E-state index in [4.69, 9.17) is 0 Å². The molecule has 0 aromatic rings. The third-order valence-electron chi connectivity index (χ3n) is 2.44. The van der Waals surface area contributed by atoms with Gasteiger partial charge in [0.15, 0.2) is 5.34 Å². The van der Waals surface area contributed by atoms with E-state index in [-0.39, 0.29) is 6.10 Å². The van der Waals surface area contributed by atoms with Crippen molar-refractivity contribution < 1.29 is 4.84 Å². The number of hydrogen-bond donors (Lipinski definition) is 0. The summed E-state index contributed by atoms with van der Waals surface area (Å²) in [5, 5.41) is 2.43. The van der Waals surface area contributed by atoms with E-state index in [1.54, 1.807) is 0 Å². The van der Waals surface area contributed by atoms with Crippen molar-refractivity contribution in [2.24, 2.45) is 5.34 Å². The van der Waals surface area contributed by atoms with E-state index in [2.05, 4.69) is 17.1 Å². The van der Waals surface area contributed by atoms with Crippen molar-refractivity contribution in [3.63, 3.8) is 0 Å². The summed E-state index contributed by atoms with van der Waals surface area (Å²) < 4.78 is 0. The van der Waals surface area contributed by atoms with E-state index >= 15 is 0 Å². The van der Waals surface area contributed by atoms with Gasteiger partial charge in [-0.25, -0.2) is 0 Å². The van der Waals surface area contributed by atoms with Crippen molar-refractivity contribution in [3.05, 3.63) is 4.91 Å². The summed E-state index contributed by atoms with van der Waals surface area (Å²) >= 11 is 0. The minimum Gasteiger partial charge on any atom is -0.361 e. The molecule has 14 heavy (non-hydrogen) atoms. The quantitative estimate of drug-likeness (QED) is 0.301. The summed E-state index contributed by atoms with van der Waals surface area (Å²) in [6, 6.07) is 0. The Labute approximate surface area is 87.2 Å². The van der Waals surface area contributed by atoms with Crippen LogP contribution in [0.4, 0.5) is 0 Å². The lowest BCUT2D eigenvalue weighted by molar-refractivity contribution is 0.0607. The van der Waals surface area contributed by atoms with Gasteiger partial charge in [0, 0.05) is 0 Å². The Morgan fingerprint density at radius 3 is 2.21 bits per heavy atom. The SMILES string of the molecule is CCCCCCCCCC(C)ON=O. The van der Waals surface area contributed by atoms with Gasteiger partial charge < -0.3 is 4.84 Å². The normalized spacial score (nSPS) is 12.4. The number of hydrogen-bond acceptors (Lipinski definition) is 3. The minimum atomic E-state index is -0.0110. The van der Waals surface area contributed by atoms with E-state index in [1.165, 1.54) is 38.5 Å². The van der Waals surface area contributed by atoms with Crippen LogP contribution in [0, 0.1) is 4.91 Å². The first kappa shape index (κ1) is 13.4. The molecule has 0 N–H and O–H groups in total. The summed E-state index contributed by atoms with van der Waals surface area (Å²) in [5.41, 5.74) is 0. The van der Waals surface area contributed by atoms with Crippen LogP contribution in [0.5, 0.6) is 0 Å². The second kappa shape index (κ2) is 10.5. The molecule has 0 heterocycles. The molecule has 0 rings (SSSR count).